The second kappa shape index (κ2) is 4.38. The van der Waals surface area contributed by atoms with Crippen LogP contribution in [0.3, 0.4) is 0 Å². The first-order chi connectivity index (χ1) is 7.19. The highest BCUT2D eigenvalue weighted by Crippen LogP contribution is 2.39. The van der Waals surface area contributed by atoms with E-state index >= 15 is 0 Å². The van der Waals surface area contributed by atoms with Crippen molar-refractivity contribution < 1.29 is 9.31 Å². The quantitative estimate of drug-likeness (QED) is 0.537. The summed E-state index contributed by atoms with van der Waals surface area (Å²) >= 11 is 0. The van der Waals surface area contributed by atoms with Crippen molar-refractivity contribution in [1.29, 1.82) is 0 Å². The fraction of sp³-hybridized carbons (Fsp3) is 0.692. The molecule has 0 aliphatic carbocycles. The molecular weight excluding hydrogens is 199 g/mol. The first-order valence-electron chi connectivity index (χ1n) is 5.91. The molecule has 1 rings (SSSR count). The van der Waals surface area contributed by atoms with Crippen LogP contribution in [-0.4, -0.2) is 18.3 Å². The van der Waals surface area contributed by atoms with E-state index in [4.69, 9.17) is 9.31 Å². The van der Waals surface area contributed by atoms with Crippen LogP contribution in [0, 0.1) is 0 Å². The van der Waals surface area contributed by atoms with Gasteiger partial charge in [-0.3, -0.25) is 0 Å². The molecule has 0 aromatic heterocycles. The molecular formula is C13H23BO2. The van der Waals surface area contributed by atoms with Crippen LogP contribution in [0.1, 0.15) is 48.0 Å². The van der Waals surface area contributed by atoms with E-state index in [1.807, 2.05) is 6.92 Å². The van der Waals surface area contributed by atoms with Crippen LogP contribution in [0.4, 0.5) is 0 Å². The molecule has 1 fully saturated rings. The zero-order valence-corrected chi connectivity index (χ0v) is 11.4. The second-order valence-corrected chi connectivity index (χ2v) is 5.51. The molecule has 3 heteroatoms. The summed E-state index contributed by atoms with van der Waals surface area (Å²) in [6, 6.07) is 0. The van der Waals surface area contributed by atoms with Crippen molar-refractivity contribution in [3.8, 4) is 0 Å². The summed E-state index contributed by atoms with van der Waals surface area (Å²) in [7, 11) is -0.230. The van der Waals surface area contributed by atoms with Crippen molar-refractivity contribution in [2.75, 3.05) is 0 Å². The Kier molecular flexibility index (Phi) is 3.71. The molecule has 0 atom stereocenters. The largest absolute Gasteiger partial charge is 0.490 e. The van der Waals surface area contributed by atoms with Crippen molar-refractivity contribution in [2.24, 2.45) is 0 Å². The molecule has 0 N–H and O–H groups in total. The zero-order valence-electron chi connectivity index (χ0n) is 11.4. The van der Waals surface area contributed by atoms with Gasteiger partial charge in [-0.1, -0.05) is 25.2 Å². The molecule has 0 spiro atoms. The third-order valence-electron chi connectivity index (χ3n) is 3.40. The van der Waals surface area contributed by atoms with E-state index in [1.54, 1.807) is 0 Å². The van der Waals surface area contributed by atoms with E-state index in [1.165, 1.54) is 0 Å². The third-order valence-corrected chi connectivity index (χ3v) is 3.40. The Morgan fingerprint density at radius 2 is 1.62 bits per heavy atom. The Balaban J connectivity index is 2.90. The molecule has 1 aliphatic rings. The first kappa shape index (κ1) is 13.5. The van der Waals surface area contributed by atoms with E-state index in [2.05, 4.69) is 47.3 Å². The standard InChI is InChI=1S/C13H23BO2/c1-8-11(9-10(2)3)14-15-12(4,5)13(6,7)16-14/h9H,2,8H2,1,3-7H3/b11-9+. The van der Waals surface area contributed by atoms with E-state index in [0.29, 0.717) is 0 Å². The number of hydrogen-bond donors (Lipinski definition) is 0. The van der Waals surface area contributed by atoms with Gasteiger partial charge in [-0.2, -0.15) is 0 Å². The normalized spacial score (nSPS) is 23.6. The minimum absolute atomic E-state index is 0.230. The summed E-state index contributed by atoms with van der Waals surface area (Å²) in [5.41, 5.74) is 1.67. The summed E-state index contributed by atoms with van der Waals surface area (Å²) in [5, 5.41) is 0. The number of rotatable bonds is 3. The predicted octanol–water partition coefficient (Wildman–Crippen LogP) is 3.53. The van der Waals surface area contributed by atoms with Crippen molar-refractivity contribution in [3.63, 3.8) is 0 Å². The van der Waals surface area contributed by atoms with Gasteiger partial charge in [0, 0.05) is 0 Å². The van der Waals surface area contributed by atoms with Crippen LogP contribution in [-0.2, 0) is 9.31 Å². The topological polar surface area (TPSA) is 18.5 Å². The summed E-state index contributed by atoms with van der Waals surface area (Å²) in [6.45, 7) is 16.3. The minimum Gasteiger partial charge on any atom is -0.400 e. The average Bonchev–Trinajstić information content (AvgIpc) is 2.31. The Bertz CT molecular complexity index is 300. The zero-order chi connectivity index (χ0) is 12.6. The van der Waals surface area contributed by atoms with Crippen molar-refractivity contribution in [1.82, 2.24) is 0 Å². The molecule has 0 aromatic rings. The van der Waals surface area contributed by atoms with Gasteiger partial charge < -0.3 is 9.31 Å². The molecule has 0 unspecified atom stereocenters. The van der Waals surface area contributed by atoms with Gasteiger partial charge >= 0.3 is 7.12 Å². The van der Waals surface area contributed by atoms with E-state index in [0.717, 1.165) is 17.5 Å². The highest BCUT2D eigenvalue weighted by molar-refractivity contribution is 6.54. The van der Waals surface area contributed by atoms with Crippen molar-refractivity contribution in [2.45, 2.75) is 59.2 Å². The molecule has 90 valence electrons. The summed E-state index contributed by atoms with van der Waals surface area (Å²) in [6.07, 6.45) is 2.98. The van der Waals surface area contributed by atoms with Crippen LogP contribution in [0.5, 0.6) is 0 Å². The van der Waals surface area contributed by atoms with Gasteiger partial charge in [0.15, 0.2) is 0 Å². The molecule has 0 radical (unpaired) electrons. The maximum atomic E-state index is 5.99. The van der Waals surface area contributed by atoms with Crippen molar-refractivity contribution in [3.05, 3.63) is 23.7 Å². The van der Waals surface area contributed by atoms with Gasteiger partial charge in [-0.25, -0.2) is 0 Å². The number of allylic oxidation sites excluding steroid dienone is 3. The maximum absolute atomic E-state index is 5.99. The van der Waals surface area contributed by atoms with Crippen LogP contribution in [0.2, 0.25) is 0 Å². The van der Waals surface area contributed by atoms with Gasteiger partial charge in [0.05, 0.1) is 11.2 Å². The molecule has 2 nitrogen and oxygen atoms in total. The number of hydrogen-bond acceptors (Lipinski definition) is 2. The van der Waals surface area contributed by atoms with Crippen molar-refractivity contribution >= 4 is 7.12 Å². The minimum atomic E-state index is -0.263. The fourth-order valence-corrected chi connectivity index (χ4v) is 1.65. The Labute approximate surface area is 99.9 Å². The Morgan fingerprint density at radius 3 is 1.94 bits per heavy atom. The van der Waals surface area contributed by atoms with E-state index < -0.39 is 0 Å². The van der Waals surface area contributed by atoms with Gasteiger partial charge in [-0.05, 0) is 46.5 Å². The first-order valence-corrected chi connectivity index (χ1v) is 5.91. The molecule has 1 saturated heterocycles. The third kappa shape index (κ3) is 2.58. The van der Waals surface area contributed by atoms with Crippen LogP contribution in [0.25, 0.3) is 0 Å². The Hall–Kier alpha value is -0.535. The lowest BCUT2D eigenvalue weighted by atomic mass is 9.75. The molecule has 0 amide bonds. The highest BCUT2D eigenvalue weighted by Gasteiger charge is 2.51. The molecule has 1 heterocycles. The summed E-state index contributed by atoms with van der Waals surface area (Å²) < 4.78 is 12.0. The summed E-state index contributed by atoms with van der Waals surface area (Å²) in [5.74, 6) is 0. The SMILES string of the molecule is C=C(C)/C=C(\CC)B1OC(C)(C)C(C)(C)O1. The average molecular weight is 222 g/mol. The molecule has 0 aromatic carbocycles. The highest BCUT2D eigenvalue weighted by atomic mass is 16.7. The second-order valence-electron chi connectivity index (χ2n) is 5.51. The molecule has 1 aliphatic heterocycles. The molecule has 0 saturated carbocycles. The predicted molar refractivity (Wildman–Crippen MR) is 69.3 cm³/mol. The van der Waals surface area contributed by atoms with Gasteiger partial charge in [0.1, 0.15) is 0 Å². The van der Waals surface area contributed by atoms with Crippen LogP contribution < -0.4 is 0 Å². The lowest BCUT2D eigenvalue weighted by Gasteiger charge is -2.32. The molecule has 16 heavy (non-hydrogen) atoms. The van der Waals surface area contributed by atoms with Gasteiger partial charge in [0.2, 0.25) is 0 Å². The van der Waals surface area contributed by atoms with Gasteiger partial charge in [0.25, 0.3) is 0 Å². The van der Waals surface area contributed by atoms with E-state index in [9.17, 15) is 0 Å². The smallest absolute Gasteiger partial charge is 0.400 e. The van der Waals surface area contributed by atoms with Crippen LogP contribution >= 0.6 is 0 Å². The van der Waals surface area contributed by atoms with Crippen LogP contribution in [0.15, 0.2) is 23.7 Å². The lowest BCUT2D eigenvalue weighted by Crippen LogP contribution is -2.41. The lowest BCUT2D eigenvalue weighted by molar-refractivity contribution is 0.00578. The summed E-state index contributed by atoms with van der Waals surface area (Å²) in [4.78, 5) is 0. The maximum Gasteiger partial charge on any atom is 0.490 e. The van der Waals surface area contributed by atoms with Gasteiger partial charge in [-0.15, -0.1) is 0 Å². The fourth-order valence-electron chi connectivity index (χ4n) is 1.65. The monoisotopic (exact) mass is 222 g/mol. The molecule has 0 bridgehead atoms. The Morgan fingerprint density at radius 1 is 1.19 bits per heavy atom. The van der Waals surface area contributed by atoms with E-state index in [-0.39, 0.29) is 18.3 Å².